The van der Waals surface area contributed by atoms with Crippen molar-refractivity contribution >= 4 is 5.91 Å². The first kappa shape index (κ1) is 12.9. The summed E-state index contributed by atoms with van der Waals surface area (Å²) < 4.78 is 0. The Morgan fingerprint density at radius 3 is 2.57 bits per heavy atom. The molecule has 0 bridgehead atoms. The highest BCUT2D eigenvalue weighted by atomic mass is 16.2. The minimum Gasteiger partial charge on any atom is -0.382 e. The minimum absolute atomic E-state index is 0.00398. The topological polar surface area (TPSA) is 53.2 Å². The number of hydrogen-bond donors (Lipinski definition) is 3. The lowest BCUT2D eigenvalue weighted by molar-refractivity contribution is -0.117. The molecule has 0 saturated heterocycles. The van der Waals surface area contributed by atoms with Gasteiger partial charge in [0.15, 0.2) is 0 Å². The molecule has 110 valence electrons. The van der Waals surface area contributed by atoms with Crippen molar-refractivity contribution in [3.63, 3.8) is 0 Å². The monoisotopic (exact) mass is 283 g/mol. The van der Waals surface area contributed by atoms with Crippen LogP contribution in [0.15, 0.2) is 41.6 Å². The number of rotatable bonds is 1. The maximum absolute atomic E-state index is 12.3. The van der Waals surface area contributed by atoms with Gasteiger partial charge in [-0.25, -0.2) is 0 Å². The van der Waals surface area contributed by atoms with E-state index in [1.807, 2.05) is 18.2 Å². The van der Waals surface area contributed by atoms with Crippen molar-refractivity contribution in [1.82, 2.24) is 16.0 Å². The maximum atomic E-state index is 12.3. The molecule has 1 amide bonds. The molecule has 1 saturated carbocycles. The summed E-state index contributed by atoms with van der Waals surface area (Å²) in [6.07, 6.45) is 4.91. The van der Waals surface area contributed by atoms with Crippen molar-refractivity contribution in [3.05, 3.63) is 47.2 Å². The van der Waals surface area contributed by atoms with Gasteiger partial charge in [-0.15, -0.1) is 0 Å². The van der Waals surface area contributed by atoms with E-state index in [2.05, 4.69) is 28.1 Å². The highest BCUT2D eigenvalue weighted by Crippen LogP contribution is 2.33. The molecule has 1 aromatic rings. The van der Waals surface area contributed by atoms with Crippen LogP contribution >= 0.6 is 0 Å². The average Bonchev–Trinajstić information content (AvgIpc) is 2.80. The van der Waals surface area contributed by atoms with Gasteiger partial charge >= 0.3 is 0 Å². The van der Waals surface area contributed by atoms with Crippen LogP contribution in [0.4, 0.5) is 0 Å². The first-order valence-electron chi connectivity index (χ1n) is 7.92. The van der Waals surface area contributed by atoms with Gasteiger partial charge in [0.2, 0.25) is 0 Å². The number of benzene rings is 1. The summed E-state index contributed by atoms with van der Waals surface area (Å²) in [5.41, 5.74) is 3.15. The molecule has 1 aliphatic carbocycles. The van der Waals surface area contributed by atoms with Crippen LogP contribution in [0.5, 0.6) is 0 Å². The molecule has 4 rings (SSSR count). The van der Waals surface area contributed by atoms with Gasteiger partial charge in [0, 0.05) is 17.8 Å². The van der Waals surface area contributed by atoms with Gasteiger partial charge in [-0.3, -0.25) is 4.79 Å². The van der Waals surface area contributed by atoms with E-state index in [0.29, 0.717) is 18.6 Å². The lowest BCUT2D eigenvalue weighted by Gasteiger charge is -2.33. The Morgan fingerprint density at radius 2 is 1.76 bits per heavy atom. The van der Waals surface area contributed by atoms with Gasteiger partial charge in [-0.05, 0) is 18.4 Å². The summed E-state index contributed by atoms with van der Waals surface area (Å²) in [6.45, 7) is 0.641. The minimum atomic E-state index is 0.00398. The van der Waals surface area contributed by atoms with Crippen LogP contribution in [-0.2, 0) is 4.79 Å². The first-order valence-corrected chi connectivity index (χ1v) is 7.92. The van der Waals surface area contributed by atoms with E-state index in [-0.39, 0.29) is 11.9 Å². The lowest BCUT2D eigenvalue weighted by atomic mass is 9.89. The van der Waals surface area contributed by atoms with E-state index in [0.717, 1.165) is 11.3 Å². The molecule has 0 radical (unpaired) electrons. The second-order valence-corrected chi connectivity index (χ2v) is 6.23. The standard InChI is InChI=1S/C17H21N3O/c21-17-15-14(10-18-17)19-12-8-4-5-9-13(12)20-16(15)11-6-2-1-3-7-11/h1-3,6-7,12-13,16,19-20H,4-5,8-10H2,(H,18,21)/t12-,13-,16+/m1/s1. The van der Waals surface area contributed by atoms with Crippen molar-refractivity contribution in [2.75, 3.05) is 6.54 Å². The maximum Gasteiger partial charge on any atom is 0.251 e. The van der Waals surface area contributed by atoms with Crippen molar-refractivity contribution in [2.45, 2.75) is 43.8 Å². The molecule has 0 unspecified atom stereocenters. The van der Waals surface area contributed by atoms with Crippen molar-refractivity contribution < 1.29 is 4.79 Å². The Hall–Kier alpha value is -1.81. The van der Waals surface area contributed by atoms with Crippen LogP contribution in [0.2, 0.25) is 0 Å². The Morgan fingerprint density at radius 1 is 1.00 bits per heavy atom. The number of carbonyl (C=O) groups is 1. The predicted molar refractivity (Wildman–Crippen MR) is 81.5 cm³/mol. The molecule has 4 heteroatoms. The highest BCUT2D eigenvalue weighted by Gasteiger charge is 2.38. The zero-order valence-corrected chi connectivity index (χ0v) is 12.1. The normalized spacial score (nSPS) is 31.8. The quantitative estimate of drug-likeness (QED) is 0.734. The van der Waals surface area contributed by atoms with Crippen LogP contribution in [0.1, 0.15) is 37.3 Å². The van der Waals surface area contributed by atoms with E-state index < -0.39 is 0 Å². The SMILES string of the molecule is O=C1NCC2=C1[C@H](c1ccccc1)N[C@@H]1CCCC[C@H]1N2. The first-order chi connectivity index (χ1) is 10.3. The summed E-state index contributed by atoms with van der Waals surface area (Å²) in [6, 6.07) is 11.2. The van der Waals surface area contributed by atoms with Gasteiger partial charge in [0.1, 0.15) is 0 Å². The fraction of sp³-hybridized carbons (Fsp3) is 0.471. The number of fused-ring (bicyclic) bond motifs is 1. The number of carbonyl (C=O) groups excluding carboxylic acids is 1. The van der Waals surface area contributed by atoms with Crippen LogP contribution in [0, 0.1) is 0 Å². The van der Waals surface area contributed by atoms with E-state index in [9.17, 15) is 4.79 Å². The fourth-order valence-corrected chi connectivity index (χ4v) is 3.86. The molecule has 3 atom stereocenters. The van der Waals surface area contributed by atoms with Gasteiger partial charge in [-0.1, -0.05) is 43.2 Å². The molecule has 3 aliphatic rings. The predicted octanol–water partition coefficient (Wildman–Crippen LogP) is 1.62. The van der Waals surface area contributed by atoms with Crippen molar-refractivity contribution in [2.24, 2.45) is 0 Å². The second-order valence-electron chi connectivity index (χ2n) is 6.23. The fourth-order valence-electron chi connectivity index (χ4n) is 3.86. The number of hydrogen-bond acceptors (Lipinski definition) is 3. The average molecular weight is 283 g/mol. The zero-order valence-electron chi connectivity index (χ0n) is 12.1. The summed E-state index contributed by atoms with van der Waals surface area (Å²) in [7, 11) is 0. The second kappa shape index (κ2) is 5.19. The van der Waals surface area contributed by atoms with Crippen LogP contribution < -0.4 is 16.0 Å². The Balaban J connectivity index is 1.75. The summed E-state index contributed by atoms with van der Waals surface area (Å²) in [5.74, 6) is 0.0671. The third kappa shape index (κ3) is 2.23. The lowest BCUT2D eigenvalue weighted by Crippen LogP contribution is -2.49. The smallest absolute Gasteiger partial charge is 0.251 e. The summed E-state index contributed by atoms with van der Waals surface area (Å²) in [4.78, 5) is 12.3. The van der Waals surface area contributed by atoms with E-state index in [4.69, 9.17) is 0 Å². The molecule has 0 spiro atoms. The van der Waals surface area contributed by atoms with Gasteiger partial charge in [-0.2, -0.15) is 0 Å². The number of nitrogens with one attached hydrogen (secondary N) is 3. The molecule has 2 aliphatic heterocycles. The van der Waals surface area contributed by atoms with Crippen LogP contribution in [-0.4, -0.2) is 24.5 Å². The molecule has 21 heavy (non-hydrogen) atoms. The van der Waals surface area contributed by atoms with Gasteiger partial charge in [0.25, 0.3) is 5.91 Å². The van der Waals surface area contributed by atoms with Crippen molar-refractivity contribution in [3.8, 4) is 0 Å². The van der Waals surface area contributed by atoms with Gasteiger partial charge in [0.05, 0.1) is 18.2 Å². The van der Waals surface area contributed by atoms with E-state index in [1.165, 1.54) is 31.2 Å². The Bertz CT molecular complexity index is 581. The molecule has 3 N–H and O–H groups in total. The molecular formula is C17H21N3O. The van der Waals surface area contributed by atoms with E-state index in [1.54, 1.807) is 0 Å². The molecule has 1 aromatic carbocycles. The highest BCUT2D eigenvalue weighted by molar-refractivity contribution is 5.98. The van der Waals surface area contributed by atoms with Crippen molar-refractivity contribution in [1.29, 1.82) is 0 Å². The molecular weight excluding hydrogens is 262 g/mol. The third-order valence-electron chi connectivity index (χ3n) is 4.92. The zero-order chi connectivity index (χ0) is 14.2. The Kier molecular flexibility index (Phi) is 3.19. The molecule has 0 aromatic heterocycles. The largest absolute Gasteiger partial charge is 0.382 e. The van der Waals surface area contributed by atoms with Gasteiger partial charge < -0.3 is 16.0 Å². The molecule has 2 heterocycles. The Labute approximate surface area is 125 Å². The van der Waals surface area contributed by atoms with Crippen LogP contribution in [0.3, 0.4) is 0 Å². The summed E-state index contributed by atoms with van der Waals surface area (Å²) in [5, 5.41) is 10.4. The van der Waals surface area contributed by atoms with Crippen LogP contribution in [0.25, 0.3) is 0 Å². The number of amides is 1. The molecule has 1 fully saturated rings. The summed E-state index contributed by atoms with van der Waals surface area (Å²) >= 11 is 0. The molecule has 4 nitrogen and oxygen atoms in total. The third-order valence-corrected chi connectivity index (χ3v) is 4.92. The van der Waals surface area contributed by atoms with E-state index >= 15 is 0 Å².